The van der Waals surface area contributed by atoms with Crippen LogP contribution in [0.25, 0.3) is 0 Å². The first-order chi connectivity index (χ1) is 10.9. The molecule has 2 N–H and O–H groups in total. The molecule has 0 bridgehead atoms. The number of methoxy groups -OCH3 is 1. The summed E-state index contributed by atoms with van der Waals surface area (Å²) in [6.45, 7) is 1.98. The predicted octanol–water partition coefficient (Wildman–Crippen LogP) is 1.66. The zero-order chi connectivity index (χ0) is 17.7. The van der Waals surface area contributed by atoms with E-state index in [-0.39, 0.29) is 11.5 Å². The van der Waals surface area contributed by atoms with Crippen LogP contribution in [-0.2, 0) is 24.0 Å². The van der Waals surface area contributed by atoms with Gasteiger partial charge >= 0.3 is 18.1 Å². The van der Waals surface area contributed by atoms with Crippen molar-refractivity contribution in [3.8, 4) is 11.5 Å². The lowest BCUT2D eigenvalue weighted by atomic mass is 10.3. The Balaban J connectivity index is 0.000000423. The average Bonchev–Trinajstić information content (AvgIpc) is 2.53. The van der Waals surface area contributed by atoms with Crippen LogP contribution in [0.1, 0.15) is 6.92 Å². The van der Waals surface area contributed by atoms with E-state index in [4.69, 9.17) is 10.2 Å². The molecule has 0 saturated carbocycles. The maximum atomic E-state index is 10.5. The van der Waals surface area contributed by atoms with E-state index in [1.54, 1.807) is 6.92 Å². The molecule has 0 heterocycles. The number of carbonyl (C=O) groups excluding carboxylic acids is 2. The van der Waals surface area contributed by atoms with Crippen LogP contribution < -0.4 is 4.89 Å². The van der Waals surface area contributed by atoms with E-state index in [1.165, 1.54) is 31.4 Å². The number of benzene rings is 1. The number of aromatic hydroxyl groups is 1. The molecule has 9 heteroatoms. The van der Waals surface area contributed by atoms with Crippen LogP contribution in [0.2, 0.25) is 0 Å². The molecule has 0 aliphatic carbocycles. The molecule has 1 aromatic rings. The van der Waals surface area contributed by atoms with Gasteiger partial charge < -0.3 is 19.7 Å². The minimum atomic E-state index is -1.52. The first-order valence-corrected chi connectivity index (χ1v) is 6.18. The largest absolute Gasteiger partial charge is 0.547 e. The van der Waals surface area contributed by atoms with Gasteiger partial charge in [-0.05, 0) is 31.2 Å². The fourth-order valence-corrected chi connectivity index (χ4v) is 0.980. The van der Waals surface area contributed by atoms with Crippen molar-refractivity contribution in [1.82, 2.24) is 0 Å². The van der Waals surface area contributed by atoms with E-state index >= 15 is 0 Å². The molecule has 0 amide bonds. The molecular weight excluding hydrogens is 312 g/mol. The van der Waals surface area contributed by atoms with Crippen molar-refractivity contribution in [3.63, 3.8) is 0 Å². The molecule has 23 heavy (non-hydrogen) atoms. The minimum Gasteiger partial charge on any atom is -0.508 e. The van der Waals surface area contributed by atoms with Gasteiger partial charge in [0.15, 0.2) is 5.75 Å². The van der Waals surface area contributed by atoms with E-state index in [1.807, 2.05) is 0 Å². The van der Waals surface area contributed by atoms with Gasteiger partial charge in [0.05, 0.1) is 13.7 Å². The molecular formula is C14H16O9. The number of carboxylic acid groups (broad SMARTS) is 1. The molecule has 0 aliphatic heterocycles. The lowest BCUT2D eigenvalue weighted by Crippen LogP contribution is -2.03. The zero-order valence-corrected chi connectivity index (χ0v) is 12.4. The molecule has 0 spiro atoms. The van der Waals surface area contributed by atoms with Crippen molar-refractivity contribution < 1.29 is 43.8 Å². The summed E-state index contributed by atoms with van der Waals surface area (Å²) in [4.78, 5) is 38.9. The van der Waals surface area contributed by atoms with Crippen LogP contribution in [0.5, 0.6) is 11.5 Å². The van der Waals surface area contributed by atoms with Crippen molar-refractivity contribution in [1.29, 1.82) is 0 Å². The van der Waals surface area contributed by atoms with Crippen molar-refractivity contribution in [2.45, 2.75) is 6.92 Å². The Hall–Kier alpha value is -3.23. The van der Waals surface area contributed by atoms with Crippen molar-refractivity contribution >= 4 is 18.1 Å². The van der Waals surface area contributed by atoms with Crippen LogP contribution in [0, 0.1) is 0 Å². The molecule has 126 valence electrons. The Morgan fingerprint density at radius 3 is 2.13 bits per heavy atom. The second-order valence-electron chi connectivity index (χ2n) is 3.54. The summed E-state index contributed by atoms with van der Waals surface area (Å²) in [5, 5.41) is 16.9. The third-order valence-electron chi connectivity index (χ3n) is 1.89. The number of hydrogen-bond donors (Lipinski definition) is 2. The molecule has 1 aromatic carbocycles. The highest BCUT2D eigenvalue weighted by atomic mass is 17.2. The van der Waals surface area contributed by atoms with E-state index in [0.29, 0.717) is 6.61 Å². The maximum absolute atomic E-state index is 10.5. The zero-order valence-electron chi connectivity index (χ0n) is 12.4. The van der Waals surface area contributed by atoms with Gasteiger partial charge in [-0.2, -0.15) is 0 Å². The maximum Gasteiger partial charge on any atom is 0.547 e. The van der Waals surface area contributed by atoms with E-state index in [9.17, 15) is 14.4 Å². The summed E-state index contributed by atoms with van der Waals surface area (Å²) in [7, 11) is 1.23. The Labute approximate surface area is 131 Å². The van der Waals surface area contributed by atoms with Gasteiger partial charge in [0.1, 0.15) is 5.75 Å². The van der Waals surface area contributed by atoms with Gasteiger partial charge in [-0.25, -0.2) is 19.3 Å². The highest BCUT2D eigenvalue weighted by Crippen LogP contribution is 2.15. The molecule has 0 saturated heterocycles. The number of ether oxygens (including phenoxy) is 2. The first-order valence-electron chi connectivity index (χ1n) is 6.18. The number of phenolic OH excluding ortho intramolecular Hbond substituents is 1. The highest BCUT2D eigenvalue weighted by Gasteiger charge is 1.99. The van der Waals surface area contributed by atoms with Gasteiger partial charge in [0.2, 0.25) is 0 Å². The number of esters is 2. The molecule has 0 aliphatic rings. The van der Waals surface area contributed by atoms with E-state index in [2.05, 4.69) is 19.2 Å². The molecule has 9 nitrogen and oxygen atoms in total. The van der Waals surface area contributed by atoms with Crippen molar-refractivity contribution in [3.05, 3.63) is 36.4 Å². The Kier molecular flexibility index (Phi) is 9.83. The Morgan fingerprint density at radius 1 is 1.09 bits per heavy atom. The summed E-state index contributed by atoms with van der Waals surface area (Å²) in [6, 6.07) is 5.44. The van der Waals surface area contributed by atoms with Gasteiger partial charge in [-0.15, -0.1) is 0 Å². The molecule has 0 atom stereocenters. The van der Waals surface area contributed by atoms with Crippen LogP contribution in [-0.4, -0.2) is 42.0 Å². The normalized spacial score (nSPS) is 9.30. The highest BCUT2D eigenvalue weighted by molar-refractivity contribution is 5.91. The van der Waals surface area contributed by atoms with E-state index in [0.717, 1.165) is 12.2 Å². The second kappa shape index (κ2) is 11.4. The first kappa shape index (κ1) is 19.8. The standard InChI is InChI=1S/C7H6O5.C7H10O4/c8-5-1-3-6(4-2-5)11-12-7(9)10;1-3-11-7(9)5-4-6(8)10-2/h1-4,8H,(H,9,10);4-5H,3H2,1-2H3/b;5-4+. The molecule has 1 rings (SSSR count). The number of carbonyl (C=O) groups is 3. The quantitative estimate of drug-likeness (QED) is 0.359. The molecule has 0 aromatic heterocycles. The summed E-state index contributed by atoms with van der Waals surface area (Å²) in [5.41, 5.74) is 0. The smallest absolute Gasteiger partial charge is 0.508 e. The number of rotatable bonds is 5. The topological polar surface area (TPSA) is 129 Å². The molecule has 0 unspecified atom stereocenters. The minimum absolute atomic E-state index is 0.0673. The average molecular weight is 328 g/mol. The van der Waals surface area contributed by atoms with Crippen LogP contribution in [0.3, 0.4) is 0 Å². The number of hydrogen-bond acceptors (Lipinski definition) is 8. The summed E-state index contributed by atoms with van der Waals surface area (Å²) in [5.74, 6) is -0.844. The lowest BCUT2D eigenvalue weighted by Gasteiger charge is -1.99. The predicted molar refractivity (Wildman–Crippen MR) is 75.6 cm³/mol. The van der Waals surface area contributed by atoms with Crippen LogP contribution in [0.15, 0.2) is 36.4 Å². The summed E-state index contributed by atoms with van der Waals surface area (Å²) >= 11 is 0. The monoisotopic (exact) mass is 328 g/mol. The fraction of sp³-hybridized carbons (Fsp3) is 0.214. The third-order valence-corrected chi connectivity index (χ3v) is 1.89. The third kappa shape index (κ3) is 11.1. The SMILES string of the molecule is CCOC(=O)/C=C/C(=O)OC.O=C(O)OOc1ccc(O)cc1. The summed E-state index contributed by atoms with van der Waals surface area (Å²) < 4.78 is 8.75. The van der Waals surface area contributed by atoms with Gasteiger partial charge in [-0.1, -0.05) is 0 Å². The second-order valence-corrected chi connectivity index (χ2v) is 3.54. The Bertz CT molecular complexity index is 534. The van der Waals surface area contributed by atoms with Crippen molar-refractivity contribution in [2.24, 2.45) is 0 Å². The lowest BCUT2D eigenvalue weighted by molar-refractivity contribution is -0.161. The van der Waals surface area contributed by atoms with Gasteiger partial charge in [0, 0.05) is 12.2 Å². The fourth-order valence-electron chi connectivity index (χ4n) is 0.980. The van der Waals surface area contributed by atoms with E-state index < -0.39 is 18.1 Å². The molecule has 0 radical (unpaired) electrons. The van der Waals surface area contributed by atoms with Gasteiger partial charge in [0.25, 0.3) is 0 Å². The summed E-state index contributed by atoms with van der Waals surface area (Å²) in [6.07, 6.45) is 0.510. The Morgan fingerprint density at radius 2 is 1.65 bits per heavy atom. The molecule has 0 fully saturated rings. The number of phenols is 1. The van der Waals surface area contributed by atoms with Crippen LogP contribution in [0.4, 0.5) is 4.79 Å². The van der Waals surface area contributed by atoms with Crippen LogP contribution >= 0.6 is 0 Å². The van der Waals surface area contributed by atoms with Crippen molar-refractivity contribution in [2.75, 3.05) is 13.7 Å². The van der Waals surface area contributed by atoms with Gasteiger partial charge in [-0.3, -0.25) is 4.89 Å².